The van der Waals surface area contributed by atoms with Crippen molar-refractivity contribution in [3.8, 4) is 0 Å². The fraction of sp³-hybridized carbons (Fsp3) is 0.293. The van der Waals surface area contributed by atoms with Crippen molar-refractivity contribution in [2.24, 2.45) is 0 Å². The van der Waals surface area contributed by atoms with Gasteiger partial charge in [0.1, 0.15) is 0 Å². The Hall–Kier alpha value is -4.37. The van der Waals surface area contributed by atoms with Crippen LogP contribution in [0, 0.1) is 0 Å². The van der Waals surface area contributed by atoms with E-state index in [0.717, 1.165) is 37.1 Å². The third kappa shape index (κ3) is 4.13. The maximum atomic E-state index is 13.7. The summed E-state index contributed by atoms with van der Waals surface area (Å²) in [7, 11) is 0. The van der Waals surface area contributed by atoms with Crippen LogP contribution in [0.25, 0.3) is 21.5 Å². The molecule has 0 atom stereocenters. The number of nitrogens with zero attached hydrogens (tertiary/aromatic N) is 2. The molecule has 2 heterocycles. The Morgan fingerprint density at radius 2 is 1.00 bits per heavy atom. The van der Waals surface area contributed by atoms with E-state index in [1.165, 1.54) is 55.4 Å². The second-order valence-corrected chi connectivity index (χ2v) is 13.4. The monoisotopic (exact) mass is 578 g/mol. The molecular weight excluding hydrogens is 536 g/mol. The Labute approximate surface area is 261 Å². The van der Waals surface area contributed by atoms with Crippen molar-refractivity contribution in [2.75, 3.05) is 22.9 Å². The zero-order valence-corrected chi connectivity index (χ0v) is 26.9. The topological polar surface area (TPSA) is 23.6 Å². The van der Waals surface area contributed by atoms with Crippen LogP contribution < -0.4 is 9.80 Å². The summed E-state index contributed by atoms with van der Waals surface area (Å²) in [5.74, 6) is 0.183. The van der Waals surface area contributed by atoms with Crippen LogP contribution in [0.15, 0.2) is 120 Å². The SMILES string of the molecule is CCN1/C(=C/C=C2\CC/C(=C\C=C3\N(CC)c4ccc5ccccc5c4C3(C)C)C2=O)C(C)(C)c2c1ccc1ccccc21. The maximum Gasteiger partial charge on any atom is 0.185 e. The highest BCUT2D eigenvalue weighted by Crippen LogP contribution is 2.52. The summed E-state index contributed by atoms with van der Waals surface area (Å²) in [6.07, 6.45) is 10.2. The summed E-state index contributed by atoms with van der Waals surface area (Å²) in [5.41, 5.74) is 9.30. The van der Waals surface area contributed by atoms with Gasteiger partial charge in [0.2, 0.25) is 0 Å². The van der Waals surface area contributed by atoms with E-state index < -0.39 is 0 Å². The van der Waals surface area contributed by atoms with E-state index in [1.807, 2.05) is 0 Å². The summed E-state index contributed by atoms with van der Waals surface area (Å²) >= 11 is 0. The molecule has 44 heavy (non-hydrogen) atoms. The van der Waals surface area contributed by atoms with E-state index in [2.05, 4.69) is 148 Å². The van der Waals surface area contributed by atoms with Gasteiger partial charge >= 0.3 is 0 Å². The summed E-state index contributed by atoms with van der Waals surface area (Å²) in [5, 5.41) is 5.16. The Morgan fingerprint density at radius 1 is 0.591 bits per heavy atom. The molecule has 4 aromatic rings. The number of allylic oxidation sites excluding steroid dienone is 8. The van der Waals surface area contributed by atoms with Crippen LogP contribution >= 0.6 is 0 Å². The summed E-state index contributed by atoms with van der Waals surface area (Å²) in [6.45, 7) is 15.5. The minimum atomic E-state index is -0.162. The molecule has 3 heteroatoms. The Bertz CT molecular complexity index is 1820. The first-order valence-electron chi connectivity index (χ1n) is 16.1. The molecule has 0 radical (unpaired) electrons. The molecule has 1 fully saturated rings. The van der Waals surface area contributed by atoms with Gasteiger partial charge in [-0.3, -0.25) is 4.79 Å². The van der Waals surface area contributed by atoms with E-state index >= 15 is 0 Å². The average Bonchev–Trinajstić information content (AvgIpc) is 3.57. The number of fused-ring (bicyclic) bond motifs is 6. The quantitative estimate of drug-likeness (QED) is 0.225. The van der Waals surface area contributed by atoms with Crippen molar-refractivity contribution >= 4 is 38.7 Å². The first-order chi connectivity index (χ1) is 21.2. The molecule has 2 aliphatic heterocycles. The number of likely N-dealkylation sites (N-methyl/N-ethyl adjacent to an activating group) is 2. The fourth-order valence-corrected chi connectivity index (χ4v) is 8.13. The second kappa shape index (κ2) is 10.4. The summed E-state index contributed by atoms with van der Waals surface area (Å²) in [6, 6.07) is 26.3. The predicted molar refractivity (Wildman–Crippen MR) is 187 cm³/mol. The van der Waals surface area contributed by atoms with Crippen molar-refractivity contribution in [3.63, 3.8) is 0 Å². The van der Waals surface area contributed by atoms with Gasteiger partial charge in [0.15, 0.2) is 5.78 Å². The van der Waals surface area contributed by atoms with Gasteiger partial charge in [-0.1, -0.05) is 101 Å². The minimum Gasteiger partial charge on any atom is -0.344 e. The smallest absolute Gasteiger partial charge is 0.185 e. The van der Waals surface area contributed by atoms with Gasteiger partial charge in [0.25, 0.3) is 0 Å². The number of rotatable bonds is 4. The molecule has 1 aliphatic carbocycles. The summed E-state index contributed by atoms with van der Waals surface area (Å²) < 4.78 is 0. The van der Waals surface area contributed by atoms with Crippen LogP contribution in [-0.4, -0.2) is 18.9 Å². The Kier molecular flexibility index (Phi) is 6.69. The number of ketones is 1. The highest BCUT2D eigenvalue weighted by Gasteiger charge is 2.42. The zero-order valence-electron chi connectivity index (χ0n) is 26.9. The lowest BCUT2D eigenvalue weighted by Gasteiger charge is -2.26. The van der Waals surface area contributed by atoms with Gasteiger partial charge in [-0.05, 0) is 83.6 Å². The zero-order chi connectivity index (χ0) is 30.8. The Balaban J connectivity index is 1.21. The van der Waals surface area contributed by atoms with Crippen LogP contribution in [0.1, 0.15) is 65.5 Å². The lowest BCUT2D eigenvalue weighted by molar-refractivity contribution is -0.111. The lowest BCUT2D eigenvalue weighted by atomic mass is 9.81. The van der Waals surface area contributed by atoms with Gasteiger partial charge in [-0.25, -0.2) is 0 Å². The molecule has 222 valence electrons. The molecule has 0 amide bonds. The van der Waals surface area contributed by atoms with E-state index in [4.69, 9.17) is 0 Å². The number of anilines is 2. The van der Waals surface area contributed by atoms with Crippen LogP contribution in [0.5, 0.6) is 0 Å². The molecule has 1 saturated carbocycles. The molecule has 3 nitrogen and oxygen atoms in total. The number of hydrogen-bond donors (Lipinski definition) is 0. The van der Waals surface area contributed by atoms with Gasteiger partial charge < -0.3 is 9.80 Å². The third-order valence-electron chi connectivity index (χ3n) is 10.3. The number of carbonyl (C=O) groups excluding carboxylic acids is 1. The first-order valence-corrected chi connectivity index (χ1v) is 16.1. The van der Waals surface area contributed by atoms with Gasteiger partial charge in [-0.15, -0.1) is 0 Å². The minimum absolute atomic E-state index is 0.162. The predicted octanol–water partition coefficient (Wildman–Crippen LogP) is 9.91. The highest BCUT2D eigenvalue weighted by molar-refractivity contribution is 6.11. The van der Waals surface area contributed by atoms with Gasteiger partial charge in [-0.2, -0.15) is 0 Å². The van der Waals surface area contributed by atoms with Gasteiger partial charge in [0, 0.05) is 57.8 Å². The van der Waals surface area contributed by atoms with Crippen molar-refractivity contribution in [1.82, 2.24) is 0 Å². The number of Topliss-reactive ketones (excluding diaryl/α,β-unsaturated/α-hetero) is 1. The van der Waals surface area contributed by atoms with Crippen LogP contribution in [0.3, 0.4) is 0 Å². The van der Waals surface area contributed by atoms with E-state index in [-0.39, 0.29) is 16.6 Å². The van der Waals surface area contributed by atoms with E-state index in [9.17, 15) is 4.79 Å². The van der Waals surface area contributed by atoms with Crippen molar-refractivity contribution in [3.05, 3.63) is 131 Å². The van der Waals surface area contributed by atoms with Crippen molar-refractivity contribution in [2.45, 2.75) is 65.2 Å². The largest absolute Gasteiger partial charge is 0.344 e. The molecule has 3 aliphatic rings. The molecule has 0 spiro atoms. The van der Waals surface area contributed by atoms with Crippen LogP contribution in [0.2, 0.25) is 0 Å². The second-order valence-electron chi connectivity index (χ2n) is 13.4. The molecular formula is C41H42N2O. The van der Waals surface area contributed by atoms with Crippen LogP contribution in [-0.2, 0) is 15.6 Å². The van der Waals surface area contributed by atoms with E-state index in [0.29, 0.717) is 0 Å². The highest BCUT2D eigenvalue weighted by atomic mass is 16.1. The molecule has 0 saturated heterocycles. The molecule has 4 aromatic carbocycles. The Morgan fingerprint density at radius 3 is 1.41 bits per heavy atom. The number of hydrogen-bond acceptors (Lipinski definition) is 3. The van der Waals surface area contributed by atoms with Gasteiger partial charge in [0.05, 0.1) is 0 Å². The lowest BCUT2D eigenvalue weighted by Crippen LogP contribution is -2.25. The standard InChI is InChI=1S/C41H42N2O/c1-7-42-33-23-19-27-13-9-11-15-31(27)37(33)40(3,4)35(42)25-21-29-17-18-30(39(29)44)22-26-36-41(5,6)38-32-16-12-10-14-28(32)20-24-34(38)43(36)8-2/h9-16,19-26H,7-8,17-18H2,1-6H3/b29-21+,30-22+,35-25+,36-26+. The molecule has 7 rings (SSSR count). The average molecular weight is 579 g/mol. The molecule has 0 bridgehead atoms. The molecule has 0 N–H and O–H groups in total. The van der Waals surface area contributed by atoms with Crippen molar-refractivity contribution in [1.29, 1.82) is 0 Å². The maximum absolute atomic E-state index is 13.7. The summed E-state index contributed by atoms with van der Waals surface area (Å²) in [4.78, 5) is 18.5. The van der Waals surface area contributed by atoms with Crippen LogP contribution in [0.4, 0.5) is 11.4 Å². The van der Waals surface area contributed by atoms with E-state index in [1.54, 1.807) is 0 Å². The van der Waals surface area contributed by atoms with Crippen molar-refractivity contribution < 1.29 is 4.79 Å². The molecule has 0 unspecified atom stereocenters. The first kappa shape index (κ1) is 28.4. The molecule has 0 aromatic heterocycles. The number of benzene rings is 4. The third-order valence-corrected chi connectivity index (χ3v) is 10.3. The fourth-order valence-electron chi connectivity index (χ4n) is 8.13. The number of carbonyl (C=O) groups is 1. The normalized spacial score (nSPS) is 22.4.